The Morgan fingerprint density at radius 2 is 2.13 bits per heavy atom. The maximum absolute atomic E-state index is 11.4. The van der Waals surface area contributed by atoms with Crippen molar-refractivity contribution in [2.45, 2.75) is 26.2 Å². The number of rotatable bonds is 0. The van der Waals surface area contributed by atoms with Crippen molar-refractivity contribution in [1.29, 1.82) is 0 Å². The smallest absolute Gasteiger partial charge is 0.223 e. The molecule has 0 atom stereocenters. The normalized spacial score (nSPS) is 17.7. The summed E-state index contributed by atoms with van der Waals surface area (Å²) in [4.78, 5) is 13.2. The van der Waals surface area contributed by atoms with Gasteiger partial charge in [0.15, 0.2) is 0 Å². The third kappa shape index (κ3) is 1.48. The van der Waals surface area contributed by atoms with Crippen LogP contribution in [0.5, 0.6) is 5.75 Å². The van der Waals surface area contributed by atoms with E-state index < -0.39 is 0 Å². The molecule has 2 rings (SSSR count). The molecule has 0 saturated carbocycles. The molecule has 15 heavy (non-hydrogen) atoms. The molecule has 1 aliphatic rings. The Bertz CT molecular complexity index is 424. The third-order valence-corrected chi connectivity index (χ3v) is 2.93. The van der Waals surface area contributed by atoms with E-state index in [4.69, 9.17) is 0 Å². The average Bonchev–Trinajstić information content (AvgIpc) is 2.39. The van der Waals surface area contributed by atoms with Crippen molar-refractivity contribution in [2.24, 2.45) is 0 Å². The van der Waals surface area contributed by atoms with Gasteiger partial charge in [-0.2, -0.15) is 0 Å². The second-order valence-corrected chi connectivity index (χ2v) is 4.69. The molecule has 0 saturated heterocycles. The van der Waals surface area contributed by atoms with E-state index in [1.54, 1.807) is 30.0 Å². The van der Waals surface area contributed by atoms with Gasteiger partial charge in [0.25, 0.3) is 0 Å². The quantitative estimate of drug-likeness (QED) is 0.704. The van der Waals surface area contributed by atoms with E-state index in [1.807, 2.05) is 0 Å². The van der Waals surface area contributed by atoms with Crippen LogP contribution in [0.15, 0.2) is 18.2 Å². The molecular formula is C12H15NO2. The van der Waals surface area contributed by atoms with Crippen molar-refractivity contribution >= 4 is 11.6 Å². The van der Waals surface area contributed by atoms with E-state index in [1.165, 1.54) is 0 Å². The van der Waals surface area contributed by atoms with E-state index >= 15 is 0 Å². The van der Waals surface area contributed by atoms with Crippen LogP contribution < -0.4 is 4.90 Å². The molecule has 0 aromatic heterocycles. The van der Waals surface area contributed by atoms with Crippen molar-refractivity contribution in [2.75, 3.05) is 11.4 Å². The first-order valence-electron chi connectivity index (χ1n) is 5.03. The second-order valence-electron chi connectivity index (χ2n) is 4.69. The lowest BCUT2D eigenvalue weighted by molar-refractivity contribution is -0.116. The Kier molecular flexibility index (Phi) is 2.00. The molecule has 0 unspecified atom stereocenters. The summed E-state index contributed by atoms with van der Waals surface area (Å²) in [7, 11) is 0. The highest BCUT2D eigenvalue weighted by Gasteiger charge is 2.36. The van der Waals surface area contributed by atoms with Gasteiger partial charge >= 0.3 is 0 Å². The van der Waals surface area contributed by atoms with Crippen LogP contribution in [0.3, 0.4) is 0 Å². The maximum atomic E-state index is 11.4. The number of aromatic hydroxyl groups is 1. The zero-order valence-corrected chi connectivity index (χ0v) is 9.24. The standard InChI is InChI=1S/C12H15NO2/c1-8(14)13-7-12(2,3)10-6-9(15)4-5-11(10)13/h4-6,15H,7H2,1-3H3. The lowest BCUT2D eigenvalue weighted by atomic mass is 9.87. The highest BCUT2D eigenvalue weighted by Crippen LogP contribution is 2.41. The molecule has 1 heterocycles. The van der Waals surface area contributed by atoms with Gasteiger partial charge in [0.1, 0.15) is 5.75 Å². The number of hydrogen-bond donors (Lipinski definition) is 1. The molecular weight excluding hydrogens is 190 g/mol. The number of carbonyl (C=O) groups excluding carboxylic acids is 1. The van der Waals surface area contributed by atoms with Gasteiger partial charge in [-0.25, -0.2) is 0 Å². The first kappa shape index (κ1) is 10.0. The Morgan fingerprint density at radius 3 is 2.73 bits per heavy atom. The molecule has 3 nitrogen and oxygen atoms in total. The number of fused-ring (bicyclic) bond motifs is 1. The number of hydrogen-bond acceptors (Lipinski definition) is 2. The van der Waals surface area contributed by atoms with Crippen LogP contribution in [0.2, 0.25) is 0 Å². The van der Waals surface area contributed by atoms with Crippen LogP contribution in [0.25, 0.3) is 0 Å². The molecule has 1 aliphatic heterocycles. The summed E-state index contributed by atoms with van der Waals surface area (Å²) in [6.45, 7) is 6.40. The van der Waals surface area contributed by atoms with Crippen LogP contribution in [-0.4, -0.2) is 17.6 Å². The third-order valence-electron chi connectivity index (χ3n) is 2.93. The molecule has 0 aliphatic carbocycles. The highest BCUT2D eigenvalue weighted by atomic mass is 16.3. The number of carbonyl (C=O) groups is 1. The number of nitrogens with zero attached hydrogens (tertiary/aromatic N) is 1. The molecule has 0 spiro atoms. The zero-order chi connectivity index (χ0) is 11.2. The van der Waals surface area contributed by atoms with E-state index in [0.29, 0.717) is 6.54 Å². The van der Waals surface area contributed by atoms with Gasteiger partial charge in [-0.15, -0.1) is 0 Å². The maximum Gasteiger partial charge on any atom is 0.223 e. The summed E-state index contributed by atoms with van der Waals surface area (Å²) in [6, 6.07) is 5.18. The fourth-order valence-electron chi connectivity index (χ4n) is 2.15. The number of anilines is 1. The summed E-state index contributed by atoms with van der Waals surface area (Å²) in [5.74, 6) is 0.305. The van der Waals surface area contributed by atoms with Crippen molar-refractivity contribution in [3.63, 3.8) is 0 Å². The summed E-state index contributed by atoms with van der Waals surface area (Å²) in [5, 5.41) is 9.45. The number of phenolic OH excluding ortho intramolecular Hbond substituents is 1. The van der Waals surface area contributed by atoms with Gasteiger partial charge in [-0.1, -0.05) is 13.8 Å². The first-order valence-corrected chi connectivity index (χ1v) is 5.03. The van der Waals surface area contributed by atoms with Crippen LogP contribution in [0.1, 0.15) is 26.3 Å². The zero-order valence-electron chi connectivity index (χ0n) is 9.24. The van der Waals surface area contributed by atoms with Crippen molar-refractivity contribution in [3.05, 3.63) is 23.8 Å². The Morgan fingerprint density at radius 1 is 1.47 bits per heavy atom. The monoisotopic (exact) mass is 205 g/mol. The van der Waals surface area contributed by atoms with E-state index in [9.17, 15) is 9.90 Å². The minimum Gasteiger partial charge on any atom is -0.508 e. The fourth-order valence-corrected chi connectivity index (χ4v) is 2.15. The van der Waals surface area contributed by atoms with Crippen LogP contribution in [-0.2, 0) is 10.2 Å². The average molecular weight is 205 g/mol. The Labute approximate surface area is 89.3 Å². The van der Waals surface area contributed by atoms with Crippen molar-refractivity contribution in [3.8, 4) is 5.75 Å². The summed E-state index contributed by atoms with van der Waals surface area (Å²) < 4.78 is 0. The first-order chi connectivity index (χ1) is 6.92. The molecule has 1 aromatic rings. The number of benzene rings is 1. The van der Waals surface area contributed by atoms with Gasteiger partial charge < -0.3 is 10.0 Å². The minimum absolute atomic E-state index is 0.0486. The van der Waals surface area contributed by atoms with Gasteiger partial charge in [0.05, 0.1) is 0 Å². The fraction of sp³-hybridized carbons (Fsp3) is 0.417. The van der Waals surface area contributed by atoms with Gasteiger partial charge in [-0.05, 0) is 23.8 Å². The molecule has 1 N–H and O–H groups in total. The molecule has 80 valence electrons. The molecule has 1 amide bonds. The topological polar surface area (TPSA) is 40.5 Å². The largest absolute Gasteiger partial charge is 0.508 e. The van der Waals surface area contributed by atoms with Crippen LogP contribution in [0.4, 0.5) is 5.69 Å². The lowest BCUT2D eigenvalue weighted by Crippen LogP contribution is -2.31. The molecule has 0 fully saturated rings. The van der Waals surface area contributed by atoms with Gasteiger partial charge in [-0.3, -0.25) is 4.79 Å². The predicted molar refractivity (Wildman–Crippen MR) is 59.2 cm³/mol. The van der Waals surface area contributed by atoms with E-state index in [-0.39, 0.29) is 17.1 Å². The Balaban J connectivity index is 2.58. The lowest BCUT2D eigenvalue weighted by Gasteiger charge is -2.19. The summed E-state index contributed by atoms with van der Waals surface area (Å²) in [6.07, 6.45) is 0. The van der Waals surface area contributed by atoms with Crippen molar-refractivity contribution < 1.29 is 9.90 Å². The second kappa shape index (κ2) is 2.99. The Hall–Kier alpha value is -1.51. The van der Waals surface area contributed by atoms with Crippen molar-refractivity contribution in [1.82, 2.24) is 0 Å². The minimum atomic E-state index is -0.0836. The molecule has 3 heteroatoms. The van der Waals surface area contributed by atoms with Crippen LogP contribution in [0, 0.1) is 0 Å². The van der Waals surface area contributed by atoms with E-state index in [0.717, 1.165) is 11.3 Å². The molecule has 1 aromatic carbocycles. The number of amides is 1. The summed E-state index contributed by atoms with van der Waals surface area (Å²) >= 11 is 0. The molecule has 0 bridgehead atoms. The molecule has 0 radical (unpaired) electrons. The highest BCUT2D eigenvalue weighted by molar-refractivity contribution is 5.94. The van der Waals surface area contributed by atoms with E-state index in [2.05, 4.69) is 13.8 Å². The summed E-state index contributed by atoms with van der Waals surface area (Å²) in [5.41, 5.74) is 1.88. The number of phenols is 1. The SMILES string of the molecule is CC(=O)N1CC(C)(C)c2cc(O)ccc21. The van der Waals surface area contributed by atoms with Gasteiger partial charge in [0.2, 0.25) is 5.91 Å². The predicted octanol–water partition coefficient (Wildman–Crippen LogP) is 2.04. The van der Waals surface area contributed by atoms with Gasteiger partial charge in [0, 0.05) is 24.6 Å². The van der Waals surface area contributed by atoms with Crippen LogP contribution >= 0.6 is 0 Å².